The SMILES string of the molecule is Cc1ccccc1O[N+](C)(C)C.O=S(=O)([O-])c1ccccc1. The zero-order chi connectivity index (χ0) is 16.8. The van der Waals surface area contributed by atoms with Gasteiger partial charge in [0, 0.05) is 0 Å². The van der Waals surface area contributed by atoms with Crippen molar-refractivity contribution in [2.45, 2.75) is 11.8 Å². The summed E-state index contributed by atoms with van der Waals surface area (Å²) in [5.41, 5.74) is 1.17. The minimum absolute atomic E-state index is 0.185. The van der Waals surface area contributed by atoms with Crippen LogP contribution in [-0.2, 0) is 10.1 Å². The van der Waals surface area contributed by atoms with Crippen LogP contribution < -0.4 is 4.84 Å². The van der Waals surface area contributed by atoms with E-state index in [4.69, 9.17) is 4.84 Å². The van der Waals surface area contributed by atoms with Crippen LogP contribution in [0.2, 0.25) is 0 Å². The predicted molar refractivity (Wildman–Crippen MR) is 84.2 cm³/mol. The van der Waals surface area contributed by atoms with Crippen LogP contribution in [0.1, 0.15) is 5.56 Å². The van der Waals surface area contributed by atoms with Crippen LogP contribution in [0, 0.1) is 6.92 Å². The maximum atomic E-state index is 10.3. The van der Waals surface area contributed by atoms with E-state index in [1.54, 1.807) is 6.07 Å². The van der Waals surface area contributed by atoms with Crippen LogP contribution in [-0.4, -0.2) is 38.8 Å². The average molecular weight is 323 g/mol. The molecule has 0 N–H and O–H groups in total. The molecular formula is C16H21NO4S. The van der Waals surface area contributed by atoms with Gasteiger partial charge in [0.2, 0.25) is 0 Å². The smallest absolute Gasteiger partial charge is 0.193 e. The van der Waals surface area contributed by atoms with Gasteiger partial charge in [0.1, 0.15) is 31.3 Å². The average Bonchev–Trinajstić information content (AvgIpc) is 2.41. The lowest BCUT2D eigenvalue weighted by molar-refractivity contribution is -1.03. The van der Waals surface area contributed by atoms with Gasteiger partial charge in [-0.25, -0.2) is 8.42 Å². The van der Waals surface area contributed by atoms with Crippen LogP contribution in [0.15, 0.2) is 59.5 Å². The third-order valence-electron chi connectivity index (χ3n) is 2.50. The van der Waals surface area contributed by atoms with Gasteiger partial charge in [0.25, 0.3) is 0 Å². The lowest BCUT2D eigenvalue weighted by Crippen LogP contribution is -2.38. The minimum Gasteiger partial charge on any atom is -0.744 e. The number of quaternary nitrogens is 1. The Balaban J connectivity index is 0.000000224. The highest BCUT2D eigenvalue weighted by atomic mass is 32.2. The van der Waals surface area contributed by atoms with Gasteiger partial charge in [-0.1, -0.05) is 36.4 Å². The Kier molecular flexibility index (Phi) is 6.11. The molecule has 2 aromatic rings. The van der Waals surface area contributed by atoms with Crippen molar-refractivity contribution in [2.75, 3.05) is 21.1 Å². The number of para-hydroxylation sites is 1. The standard InChI is InChI=1S/C10H16NO.C6H6O3S/c1-9-7-5-6-8-10(9)12-11(2,3)4;7-10(8,9)6-4-2-1-3-5-6/h5-8H,1-4H3;1-5H,(H,7,8,9)/q+1;/p-1. The molecule has 0 aromatic heterocycles. The highest BCUT2D eigenvalue weighted by Gasteiger charge is 2.10. The molecule has 2 rings (SSSR count). The van der Waals surface area contributed by atoms with Gasteiger partial charge in [-0.05, 0) is 30.7 Å². The van der Waals surface area contributed by atoms with E-state index >= 15 is 0 Å². The second-order valence-corrected chi connectivity index (χ2v) is 6.89. The van der Waals surface area contributed by atoms with Gasteiger partial charge in [0.05, 0.1) is 4.90 Å². The molecule has 22 heavy (non-hydrogen) atoms. The van der Waals surface area contributed by atoms with Crippen molar-refractivity contribution >= 4 is 10.1 Å². The number of aryl methyl sites for hydroxylation is 1. The third-order valence-corrected chi connectivity index (χ3v) is 3.35. The molecule has 0 bridgehead atoms. The van der Waals surface area contributed by atoms with Crippen molar-refractivity contribution in [2.24, 2.45) is 0 Å². The number of hydroxylamine groups is 3. The molecule has 0 unspecified atom stereocenters. The second-order valence-electron chi connectivity index (χ2n) is 5.51. The van der Waals surface area contributed by atoms with E-state index in [9.17, 15) is 13.0 Å². The van der Waals surface area contributed by atoms with Crippen LogP contribution in [0.3, 0.4) is 0 Å². The Morgan fingerprint density at radius 3 is 1.82 bits per heavy atom. The highest BCUT2D eigenvalue weighted by Crippen LogP contribution is 2.18. The van der Waals surface area contributed by atoms with Crippen LogP contribution in [0.25, 0.3) is 0 Å². The topological polar surface area (TPSA) is 66.4 Å². The molecule has 0 aliphatic heterocycles. The van der Waals surface area contributed by atoms with Gasteiger partial charge in [0.15, 0.2) is 5.75 Å². The molecule has 0 aliphatic rings. The van der Waals surface area contributed by atoms with E-state index in [0.29, 0.717) is 4.65 Å². The maximum Gasteiger partial charge on any atom is 0.193 e. The van der Waals surface area contributed by atoms with Crippen molar-refractivity contribution in [1.82, 2.24) is 0 Å². The van der Waals surface area contributed by atoms with E-state index in [1.165, 1.54) is 29.8 Å². The van der Waals surface area contributed by atoms with Crippen molar-refractivity contribution in [3.63, 3.8) is 0 Å². The van der Waals surface area contributed by atoms with Crippen LogP contribution >= 0.6 is 0 Å². The van der Waals surface area contributed by atoms with Crippen LogP contribution in [0.5, 0.6) is 5.75 Å². The minimum atomic E-state index is -4.25. The Morgan fingerprint density at radius 1 is 0.909 bits per heavy atom. The van der Waals surface area contributed by atoms with E-state index < -0.39 is 10.1 Å². The Hall–Kier alpha value is -1.89. The van der Waals surface area contributed by atoms with Gasteiger partial charge in [-0.15, -0.1) is 4.65 Å². The summed E-state index contributed by atoms with van der Waals surface area (Å²) in [4.78, 5) is 5.48. The molecule has 0 heterocycles. The van der Waals surface area contributed by atoms with Crippen LogP contribution in [0.4, 0.5) is 0 Å². The van der Waals surface area contributed by atoms with E-state index in [-0.39, 0.29) is 4.90 Å². The molecule has 0 saturated heterocycles. The molecular weight excluding hydrogens is 302 g/mol. The van der Waals surface area contributed by atoms with E-state index in [1.807, 2.05) is 52.3 Å². The zero-order valence-electron chi connectivity index (χ0n) is 13.2. The summed E-state index contributed by atoms with van der Waals surface area (Å²) < 4.78 is 31.3. The predicted octanol–water partition coefficient (Wildman–Crippen LogP) is 2.59. The molecule has 0 fully saturated rings. The molecule has 120 valence electrons. The maximum absolute atomic E-state index is 10.3. The number of benzene rings is 2. The summed E-state index contributed by atoms with van der Waals surface area (Å²) in [6.45, 7) is 2.05. The monoisotopic (exact) mass is 323 g/mol. The fourth-order valence-electron chi connectivity index (χ4n) is 1.54. The molecule has 0 saturated carbocycles. The van der Waals surface area contributed by atoms with Gasteiger partial charge < -0.3 is 9.39 Å². The summed E-state index contributed by atoms with van der Waals surface area (Å²) >= 11 is 0. The molecule has 6 heteroatoms. The van der Waals surface area contributed by atoms with Gasteiger partial charge in [-0.2, -0.15) is 0 Å². The summed E-state index contributed by atoms with van der Waals surface area (Å²) in [7, 11) is 1.72. The summed E-state index contributed by atoms with van der Waals surface area (Å²) in [6, 6.07) is 15.2. The first-order valence-corrected chi connectivity index (χ1v) is 8.08. The fourth-order valence-corrected chi connectivity index (χ4v) is 2.03. The molecule has 5 nitrogen and oxygen atoms in total. The summed E-state index contributed by atoms with van der Waals surface area (Å²) in [5, 5.41) is 0. The van der Waals surface area contributed by atoms with E-state index in [0.717, 1.165) is 5.75 Å². The second kappa shape index (κ2) is 7.40. The van der Waals surface area contributed by atoms with Crippen molar-refractivity contribution < 1.29 is 22.5 Å². The Bertz CT molecular complexity index is 692. The lowest BCUT2D eigenvalue weighted by atomic mass is 10.2. The first-order chi connectivity index (χ1) is 10.1. The number of nitrogens with zero attached hydrogens (tertiary/aromatic N) is 1. The first kappa shape index (κ1) is 18.2. The fraction of sp³-hybridized carbons (Fsp3) is 0.250. The molecule has 2 aromatic carbocycles. The molecule has 0 aliphatic carbocycles. The summed E-state index contributed by atoms with van der Waals surface area (Å²) in [5.74, 6) is 0.949. The summed E-state index contributed by atoms with van der Waals surface area (Å²) in [6.07, 6.45) is 0. The molecule has 0 atom stereocenters. The van der Waals surface area contributed by atoms with Crippen molar-refractivity contribution in [1.29, 1.82) is 0 Å². The van der Waals surface area contributed by atoms with E-state index in [2.05, 4.69) is 0 Å². The largest absolute Gasteiger partial charge is 0.744 e. The molecule has 0 radical (unpaired) electrons. The first-order valence-electron chi connectivity index (χ1n) is 6.67. The van der Waals surface area contributed by atoms with Crippen molar-refractivity contribution in [3.05, 3.63) is 60.2 Å². The third kappa shape index (κ3) is 6.71. The Morgan fingerprint density at radius 2 is 1.41 bits per heavy atom. The number of hydrogen-bond acceptors (Lipinski definition) is 4. The number of hydrogen-bond donors (Lipinski definition) is 0. The zero-order valence-corrected chi connectivity index (χ0v) is 14.0. The van der Waals surface area contributed by atoms with Gasteiger partial charge >= 0.3 is 0 Å². The van der Waals surface area contributed by atoms with Crippen molar-refractivity contribution in [3.8, 4) is 5.75 Å². The lowest BCUT2D eigenvalue weighted by Gasteiger charge is -2.22. The van der Waals surface area contributed by atoms with Gasteiger partial charge in [-0.3, -0.25) is 0 Å². The normalized spacial score (nSPS) is 11.3. The number of rotatable bonds is 3. The Labute approximate surface area is 132 Å². The molecule has 0 spiro atoms. The molecule has 0 amide bonds. The quantitative estimate of drug-likeness (QED) is 0.495. The highest BCUT2D eigenvalue weighted by molar-refractivity contribution is 7.85.